The van der Waals surface area contributed by atoms with Crippen LogP contribution in [-0.4, -0.2) is 30.8 Å². The number of aromatic nitrogens is 1. The first kappa shape index (κ1) is 12.2. The molecule has 2 heterocycles. The van der Waals surface area contributed by atoms with Crippen molar-refractivity contribution in [1.29, 1.82) is 0 Å². The molecule has 1 N–H and O–H groups in total. The molecule has 100 valence electrons. The zero-order chi connectivity index (χ0) is 13.3. The molecule has 4 nitrogen and oxygen atoms in total. The molecule has 1 aliphatic rings. The summed E-state index contributed by atoms with van der Waals surface area (Å²) in [4.78, 5) is 4.47. The number of hydrogen-bond acceptors (Lipinski definition) is 4. The van der Waals surface area contributed by atoms with Crippen LogP contribution in [0.2, 0.25) is 0 Å². The van der Waals surface area contributed by atoms with Gasteiger partial charge in [0.05, 0.1) is 19.3 Å². The van der Waals surface area contributed by atoms with Crippen LogP contribution in [0.1, 0.15) is 13.3 Å². The van der Waals surface area contributed by atoms with Crippen molar-refractivity contribution >= 4 is 16.6 Å². The highest BCUT2D eigenvalue weighted by Crippen LogP contribution is 2.31. The highest BCUT2D eigenvalue weighted by molar-refractivity contribution is 5.96. The fourth-order valence-corrected chi connectivity index (χ4v) is 2.51. The van der Waals surface area contributed by atoms with Crippen molar-refractivity contribution in [2.24, 2.45) is 0 Å². The van der Waals surface area contributed by atoms with E-state index in [1.54, 1.807) is 7.11 Å². The van der Waals surface area contributed by atoms with Crippen LogP contribution in [0.3, 0.4) is 0 Å². The number of anilines is 1. The molecule has 1 unspecified atom stereocenters. The summed E-state index contributed by atoms with van der Waals surface area (Å²) in [7, 11) is 1.69. The highest BCUT2D eigenvalue weighted by atomic mass is 16.5. The molecule has 4 heteroatoms. The summed E-state index contributed by atoms with van der Waals surface area (Å²) in [5, 5.41) is 5.67. The molecule has 0 radical (unpaired) electrons. The van der Waals surface area contributed by atoms with Crippen molar-refractivity contribution in [1.82, 2.24) is 4.98 Å². The number of methoxy groups -OCH3 is 1. The maximum atomic E-state index is 5.47. The predicted molar refractivity (Wildman–Crippen MR) is 75.8 cm³/mol. The van der Waals surface area contributed by atoms with E-state index in [0.29, 0.717) is 0 Å². The van der Waals surface area contributed by atoms with Gasteiger partial charge in [-0.1, -0.05) is 12.1 Å². The van der Waals surface area contributed by atoms with E-state index >= 15 is 0 Å². The van der Waals surface area contributed by atoms with Crippen molar-refractivity contribution in [2.75, 3.05) is 25.6 Å². The smallest absolute Gasteiger partial charge is 0.134 e. The Balaban J connectivity index is 2.04. The Labute approximate surface area is 112 Å². The molecule has 2 aromatic rings. The van der Waals surface area contributed by atoms with Crippen molar-refractivity contribution < 1.29 is 9.47 Å². The van der Waals surface area contributed by atoms with Crippen LogP contribution in [0.5, 0.6) is 5.75 Å². The van der Waals surface area contributed by atoms with Gasteiger partial charge >= 0.3 is 0 Å². The molecule has 1 aromatic heterocycles. The number of nitrogens with one attached hydrogen (secondary N) is 1. The van der Waals surface area contributed by atoms with Crippen LogP contribution in [0.15, 0.2) is 30.5 Å². The Morgan fingerprint density at radius 3 is 2.95 bits per heavy atom. The minimum absolute atomic E-state index is 0.0373. The molecule has 0 spiro atoms. The molecule has 1 saturated heterocycles. The van der Waals surface area contributed by atoms with Gasteiger partial charge in [0.2, 0.25) is 0 Å². The van der Waals surface area contributed by atoms with Gasteiger partial charge < -0.3 is 14.8 Å². The van der Waals surface area contributed by atoms with E-state index in [2.05, 4.69) is 23.3 Å². The monoisotopic (exact) mass is 258 g/mol. The average Bonchev–Trinajstić information content (AvgIpc) is 2.85. The second kappa shape index (κ2) is 4.70. The molecule has 1 aliphatic heterocycles. The molecule has 0 saturated carbocycles. The molecule has 19 heavy (non-hydrogen) atoms. The molecule has 1 fully saturated rings. The molecule has 0 aliphatic carbocycles. The van der Waals surface area contributed by atoms with Crippen molar-refractivity contribution in [3.63, 3.8) is 0 Å². The largest absolute Gasteiger partial charge is 0.496 e. The topological polar surface area (TPSA) is 43.4 Å². The van der Waals surface area contributed by atoms with Gasteiger partial charge in [0.1, 0.15) is 11.6 Å². The van der Waals surface area contributed by atoms with Gasteiger partial charge in [-0.3, -0.25) is 0 Å². The first-order valence-corrected chi connectivity index (χ1v) is 6.49. The van der Waals surface area contributed by atoms with E-state index in [-0.39, 0.29) is 5.54 Å². The number of pyridine rings is 1. The van der Waals surface area contributed by atoms with Crippen LogP contribution in [0.25, 0.3) is 10.8 Å². The molecule has 1 aromatic carbocycles. The first-order chi connectivity index (χ1) is 9.22. The number of ether oxygens (including phenoxy) is 2. The van der Waals surface area contributed by atoms with Gasteiger partial charge in [-0.15, -0.1) is 0 Å². The quantitative estimate of drug-likeness (QED) is 0.919. The summed E-state index contributed by atoms with van der Waals surface area (Å²) in [6, 6.07) is 7.99. The minimum atomic E-state index is -0.0373. The molecule has 0 amide bonds. The van der Waals surface area contributed by atoms with Crippen molar-refractivity contribution in [3.05, 3.63) is 30.5 Å². The Kier molecular flexibility index (Phi) is 3.03. The number of rotatable bonds is 3. The van der Waals surface area contributed by atoms with E-state index in [9.17, 15) is 0 Å². The summed E-state index contributed by atoms with van der Waals surface area (Å²) < 4.78 is 10.9. The van der Waals surface area contributed by atoms with Crippen LogP contribution in [-0.2, 0) is 4.74 Å². The van der Waals surface area contributed by atoms with Crippen LogP contribution >= 0.6 is 0 Å². The second-order valence-corrected chi connectivity index (χ2v) is 5.20. The number of hydrogen-bond donors (Lipinski definition) is 1. The third kappa shape index (κ3) is 2.24. The molecule has 1 atom stereocenters. The van der Waals surface area contributed by atoms with Gasteiger partial charge in [-0.25, -0.2) is 4.98 Å². The number of fused-ring (bicyclic) bond motifs is 1. The molecular weight excluding hydrogens is 240 g/mol. The SMILES string of the molecule is COc1cccc2c(NC3(C)CCOC3)nccc12. The zero-order valence-electron chi connectivity index (χ0n) is 11.3. The van der Waals surface area contributed by atoms with E-state index < -0.39 is 0 Å². The molecular formula is C15H18N2O2. The van der Waals surface area contributed by atoms with Gasteiger partial charge in [-0.05, 0) is 25.5 Å². The lowest BCUT2D eigenvalue weighted by molar-refractivity contribution is 0.185. The summed E-state index contributed by atoms with van der Waals surface area (Å²) in [5.74, 6) is 1.76. The minimum Gasteiger partial charge on any atom is -0.496 e. The highest BCUT2D eigenvalue weighted by Gasteiger charge is 2.30. The van der Waals surface area contributed by atoms with Gasteiger partial charge in [0, 0.05) is 23.6 Å². The summed E-state index contributed by atoms with van der Waals surface area (Å²) in [6.07, 6.45) is 2.81. The van der Waals surface area contributed by atoms with Crippen molar-refractivity contribution in [2.45, 2.75) is 18.9 Å². The lowest BCUT2D eigenvalue weighted by Crippen LogP contribution is -2.35. The van der Waals surface area contributed by atoms with Gasteiger partial charge in [0.25, 0.3) is 0 Å². The fraction of sp³-hybridized carbons (Fsp3) is 0.400. The first-order valence-electron chi connectivity index (χ1n) is 6.49. The normalized spacial score (nSPS) is 22.6. The predicted octanol–water partition coefficient (Wildman–Crippen LogP) is 2.83. The number of benzene rings is 1. The average molecular weight is 258 g/mol. The third-order valence-corrected chi connectivity index (χ3v) is 3.62. The van der Waals surface area contributed by atoms with Crippen LogP contribution < -0.4 is 10.1 Å². The summed E-state index contributed by atoms with van der Waals surface area (Å²) in [6.45, 7) is 3.69. The van der Waals surface area contributed by atoms with E-state index in [4.69, 9.17) is 9.47 Å². The van der Waals surface area contributed by atoms with Gasteiger partial charge in [0.15, 0.2) is 0 Å². The third-order valence-electron chi connectivity index (χ3n) is 3.62. The molecule has 3 rings (SSSR count). The Hall–Kier alpha value is -1.81. The van der Waals surface area contributed by atoms with Crippen LogP contribution in [0.4, 0.5) is 5.82 Å². The lowest BCUT2D eigenvalue weighted by atomic mass is 10.0. The second-order valence-electron chi connectivity index (χ2n) is 5.20. The molecule has 0 bridgehead atoms. The zero-order valence-corrected chi connectivity index (χ0v) is 11.3. The van der Waals surface area contributed by atoms with E-state index in [0.717, 1.165) is 42.0 Å². The van der Waals surface area contributed by atoms with Gasteiger partial charge in [-0.2, -0.15) is 0 Å². The Bertz CT molecular complexity index is 592. The maximum absolute atomic E-state index is 5.47. The van der Waals surface area contributed by atoms with E-state index in [1.807, 2.05) is 24.4 Å². The lowest BCUT2D eigenvalue weighted by Gasteiger charge is -2.25. The number of nitrogens with zero attached hydrogens (tertiary/aromatic N) is 1. The Morgan fingerprint density at radius 2 is 2.21 bits per heavy atom. The fourth-order valence-electron chi connectivity index (χ4n) is 2.51. The van der Waals surface area contributed by atoms with Crippen molar-refractivity contribution in [3.8, 4) is 5.75 Å². The maximum Gasteiger partial charge on any atom is 0.134 e. The Morgan fingerprint density at radius 1 is 1.32 bits per heavy atom. The van der Waals surface area contributed by atoms with Crippen LogP contribution in [0, 0.1) is 0 Å². The van der Waals surface area contributed by atoms with E-state index in [1.165, 1.54) is 0 Å². The summed E-state index contributed by atoms with van der Waals surface area (Å²) >= 11 is 0. The summed E-state index contributed by atoms with van der Waals surface area (Å²) in [5.41, 5.74) is -0.0373. The standard InChI is InChI=1S/C15H18N2O2/c1-15(7-9-19-10-15)17-14-12-4-3-5-13(18-2)11(12)6-8-16-14/h3-6,8H,7,9-10H2,1-2H3,(H,16,17).